The molecule has 20 heavy (non-hydrogen) atoms. The van der Waals surface area contributed by atoms with E-state index >= 15 is 0 Å². The number of carboxylic acid groups (broad SMARTS) is 1. The number of nitrogens with one attached hydrogen (secondary N) is 2. The van der Waals surface area contributed by atoms with Gasteiger partial charge in [0.2, 0.25) is 0 Å². The van der Waals surface area contributed by atoms with Crippen molar-refractivity contribution in [3.05, 3.63) is 0 Å². The van der Waals surface area contributed by atoms with Crippen LogP contribution in [-0.4, -0.2) is 54.4 Å². The first kappa shape index (κ1) is 17.1. The number of hydrogen-bond donors (Lipinski definition) is 3. The molecule has 1 saturated carbocycles. The van der Waals surface area contributed by atoms with Gasteiger partial charge in [0, 0.05) is 31.4 Å². The number of carbonyl (C=O) groups is 2. The van der Waals surface area contributed by atoms with Gasteiger partial charge in [-0.2, -0.15) is 11.8 Å². The molecule has 1 rings (SSSR count). The average Bonchev–Trinajstić information content (AvgIpc) is 2.43. The fourth-order valence-electron chi connectivity index (χ4n) is 2.41. The molecule has 3 N–H and O–H groups in total. The summed E-state index contributed by atoms with van der Waals surface area (Å²) in [6.45, 7) is 0.300. The molecule has 116 valence electrons. The fraction of sp³-hybridized carbons (Fsp3) is 0.846. The van der Waals surface area contributed by atoms with Crippen LogP contribution >= 0.6 is 11.8 Å². The molecule has 1 aliphatic rings. The van der Waals surface area contributed by atoms with Crippen molar-refractivity contribution in [2.45, 2.75) is 49.4 Å². The van der Waals surface area contributed by atoms with E-state index in [1.165, 1.54) is 13.5 Å². The van der Waals surface area contributed by atoms with E-state index in [1.54, 1.807) is 11.8 Å². The Hall–Kier alpha value is -0.950. The lowest BCUT2D eigenvalue weighted by molar-refractivity contribution is -0.139. The van der Waals surface area contributed by atoms with Crippen LogP contribution in [0.3, 0.4) is 0 Å². The Kier molecular flexibility index (Phi) is 7.76. The number of amides is 2. The number of carboxylic acids is 1. The molecular formula is C13H24N2O4S. The van der Waals surface area contributed by atoms with E-state index in [0.717, 1.165) is 19.3 Å². The van der Waals surface area contributed by atoms with E-state index in [2.05, 4.69) is 10.6 Å². The molecule has 0 heterocycles. The highest BCUT2D eigenvalue weighted by atomic mass is 32.2. The maximum Gasteiger partial charge on any atom is 0.326 e. The van der Waals surface area contributed by atoms with Crippen LogP contribution < -0.4 is 10.6 Å². The fourth-order valence-corrected chi connectivity index (χ4v) is 3.34. The molecule has 1 aliphatic carbocycles. The van der Waals surface area contributed by atoms with Gasteiger partial charge >= 0.3 is 12.0 Å². The van der Waals surface area contributed by atoms with Gasteiger partial charge < -0.3 is 20.5 Å². The molecule has 0 aromatic rings. The van der Waals surface area contributed by atoms with Crippen molar-refractivity contribution in [3.63, 3.8) is 0 Å². The van der Waals surface area contributed by atoms with Crippen LogP contribution in [0.15, 0.2) is 0 Å². The number of thioether (sulfide) groups is 1. The number of ether oxygens (including phenoxy) is 1. The predicted molar refractivity (Wildman–Crippen MR) is 79.1 cm³/mol. The van der Waals surface area contributed by atoms with Crippen LogP contribution in [0.1, 0.15) is 32.1 Å². The standard InChI is InChI=1S/C13H24N2O4S/c1-19-8-7-10(12(16)17)15-13(18)14-9-5-3-4-6-11(9)20-2/h9-11H,3-8H2,1-2H3,(H,16,17)(H2,14,15,18). The van der Waals surface area contributed by atoms with Crippen LogP contribution in [0, 0.1) is 0 Å². The smallest absolute Gasteiger partial charge is 0.326 e. The SMILES string of the molecule is COCCC(NC(=O)NC1CCCCC1SC)C(=O)O. The Morgan fingerprint density at radius 1 is 1.40 bits per heavy atom. The minimum Gasteiger partial charge on any atom is -0.480 e. The first-order valence-corrected chi connectivity index (χ1v) is 8.18. The number of methoxy groups -OCH3 is 1. The lowest BCUT2D eigenvalue weighted by atomic mass is 9.95. The molecule has 0 radical (unpaired) electrons. The molecule has 0 saturated heterocycles. The summed E-state index contributed by atoms with van der Waals surface area (Å²) in [7, 11) is 1.50. The van der Waals surface area contributed by atoms with Crippen molar-refractivity contribution < 1.29 is 19.4 Å². The van der Waals surface area contributed by atoms with E-state index in [1.807, 2.05) is 6.26 Å². The summed E-state index contributed by atoms with van der Waals surface area (Å²) in [6.07, 6.45) is 6.65. The number of urea groups is 1. The van der Waals surface area contributed by atoms with Crippen LogP contribution in [0.5, 0.6) is 0 Å². The second kappa shape index (κ2) is 9.07. The molecule has 1 fully saturated rings. The first-order valence-electron chi connectivity index (χ1n) is 6.90. The second-order valence-electron chi connectivity index (χ2n) is 4.96. The average molecular weight is 304 g/mol. The Morgan fingerprint density at radius 2 is 2.10 bits per heavy atom. The molecule has 3 unspecified atom stereocenters. The molecule has 3 atom stereocenters. The third-order valence-corrected chi connectivity index (χ3v) is 4.71. The zero-order valence-electron chi connectivity index (χ0n) is 12.1. The second-order valence-corrected chi connectivity index (χ2v) is 6.03. The van der Waals surface area contributed by atoms with Gasteiger partial charge in [0.05, 0.1) is 0 Å². The van der Waals surface area contributed by atoms with Gasteiger partial charge in [-0.05, 0) is 19.1 Å². The van der Waals surface area contributed by atoms with Gasteiger partial charge in [-0.25, -0.2) is 9.59 Å². The van der Waals surface area contributed by atoms with E-state index < -0.39 is 18.0 Å². The number of rotatable bonds is 7. The number of aliphatic carboxylic acids is 1. The van der Waals surface area contributed by atoms with E-state index in [0.29, 0.717) is 11.9 Å². The molecule has 0 spiro atoms. The topological polar surface area (TPSA) is 87.7 Å². The van der Waals surface area contributed by atoms with Crippen molar-refractivity contribution in [1.29, 1.82) is 0 Å². The molecular weight excluding hydrogens is 280 g/mol. The Balaban J connectivity index is 2.45. The third-order valence-electron chi connectivity index (χ3n) is 3.54. The lowest BCUT2D eigenvalue weighted by Gasteiger charge is -2.31. The van der Waals surface area contributed by atoms with Gasteiger partial charge in [0.15, 0.2) is 0 Å². The van der Waals surface area contributed by atoms with E-state index in [-0.39, 0.29) is 12.5 Å². The molecule has 0 aromatic heterocycles. The summed E-state index contributed by atoms with van der Waals surface area (Å²) < 4.78 is 4.85. The minimum absolute atomic E-state index is 0.121. The summed E-state index contributed by atoms with van der Waals surface area (Å²) in [4.78, 5) is 23.0. The summed E-state index contributed by atoms with van der Waals surface area (Å²) in [5.74, 6) is -1.04. The molecule has 7 heteroatoms. The van der Waals surface area contributed by atoms with Crippen molar-refractivity contribution in [2.24, 2.45) is 0 Å². The lowest BCUT2D eigenvalue weighted by Crippen LogP contribution is -2.52. The summed E-state index contributed by atoms with van der Waals surface area (Å²) >= 11 is 1.76. The van der Waals surface area contributed by atoms with Gasteiger partial charge in [-0.15, -0.1) is 0 Å². The normalized spacial score (nSPS) is 23.9. The van der Waals surface area contributed by atoms with Gasteiger partial charge in [0.25, 0.3) is 0 Å². The summed E-state index contributed by atoms with van der Waals surface area (Å²) in [5.41, 5.74) is 0. The van der Waals surface area contributed by atoms with Crippen LogP contribution in [0.25, 0.3) is 0 Å². The predicted octanol–water partition coefficient (Wildman–Crippen LogP) is 1.45. The van der Waals surface area contributed by atoms with Crippen LogP contribution in [0.2, 0.25) is 0 Å². The zero-order valence-corrected chi connectivity index (χ0v) is 12.9. The molecule has 0 aliphatic heterocycles. The Morgan fingerprint density at radius 3 is 2.70 bits per heavy atom. The molecule has 2 amide bonds. The van der Waals surface area contributed by atoms with Crippen molar-refractivity contribution >= 4 is 23.8 Å². The van der Waals surface area contributed by atoms with Crippen LogP contribution in [-0.2, 0) is 9.53 Å². The van der Waals surface area contributed by atoms with Crippen LogP contribution in [0.4, 0.5) is 4.79 Å². The Labute approximate surface area is 124 Å². The van der Waals surface area contributed by atoms with Gasteiger partial charge in [-0.1, -0.05) is 12.8 Å². The highest BCUT2D eigenvalue weighted by Gasteiger charge is 2.27. The maximum atomic E-state index is 11.9. The number of carbonyl (C=O) groups excluding carboxylic acids is 1. The van der Waals surface area contributed by atoms with Gasteiger partial charge in [-0.3, -0.25) is 0 Å². The molecule has 0 aromatic carbocycles. The van der Waals surface area contributed by atoms with Crippen molar-refractivity contribution in [1.82, 2.24) is 10.6 Å². The maximum absolute atomic E-state index is 11.9. The van der Waals surface area contributed by atoms with Gasteiger partial charge in [0.1, 0.15) is 6.04 Å². The Bertz CT molecular complexity index is 327. The number of hydrogen-bond acceptors (Lipinski definition) is 4. The summed E-state index contributed by atoms with van der Waals surface area (Å²) in [5, 5.41) is 14.9. The zero-order chi connectivity index (χ0) is 15.0. The first-order chi connectivity index (χ1) is 9.58. The quantitative estimate of drug-likeness (QED) is 0.662. The largest absolute Gasteiger partial charge is 0.480 e. The van der Waals surface area contributed by atoms with Crippen molar-refractivity contribution in [2.75, 3.05) is 20.0 Å². The van der Waals surface area contributed by atoms with Crippen molar-refractivity contribution in [3.8, 4) is 0 Å². The molecule has 0 bridgehead atoms. The highest BCUT2D eigenvalue weighted by Crippen LogP contribution is 2.26. The molecule has 6 nitrogen and oxygen atoms in total. The summed E-state index contributed by atoms with van der Waals surface area (Å²) in [6, 6.07) is -1.19. The van der Waals surface area contributed by atoms with E-state index in [4.69, 9.17) is 9.84 Å². The van der Waals surface area contributed by atoms with E-state index in [9.17, 15) is 9.59 Å². The monoisotopic (exact) mass is 304 g/mol. The third kappa shape index (κ3) is 5.58. The highest BCUT2D eigenvalue weighted by molar-refractivity contribution is 7.99. The minimum atomic E-state index is -1.04.